The molecule has 0 radical (unpaired) electrons. The molecule has 2 aliphatic heterocycles. The van der Waals surface area contributed by atoms with Gasteiger partial charge in [-0.15, -0.1) is 0 Å². The van der Waals surface area contributed by atoms with Gasteiger partial charge in [-0.1, -0.05) is 91.0 Å². The topological polar surface area (TPSA) is 210 Å². The van der Waals surface area contributed by atoms with E-state index in [0.717, 1.165) is 56.6 Å². The van der Waals surface area contributed by atoms with E-state index in [1.165, 1.54) is 0 Å². The third kappa shape index (κ3) is 9.74. The molecule has 0 spiro atoms. The molecule has 1 saturated heterocycles. The Kier molecular flexibility index (Phi) is 14.0. The molecule has 2 aromatic heterocycles. The van der Waals surface area contributed by atoms with Crippen LogP contribution in [0, 0.1) is 5.41 Å². The van der Waals surface area contributed by atoms with Gasteiger partial charge in [-0.3, -0.25) is 39.6 Å². The van der Waals surface area contributed by atoms with Crippen LogP contribution in [0.5, 0.6) is 0 Å². The fourth-order valence-corrected chi connectivity index (χ4v) is 9.53. The Hall–Kier alpha value is -7.27. The largest absolute Gasteiger partial charge is 0.393 e. The van der Waals surface area contributed by atoms with Crippen molar-refractivity contribution in [2.75, 3.05) is 38.3 Å². The lowest BCUT2D eigenvalue weighted by atomic mass is 9.93. The van der Waals surface area contributed by atoms with Crippen LogP contribution in [0.25, 0.3) is 33.4 Å². The number of carbonyl (C=O) groups is 5. The minimum absolute atomic E-state index is 0.0469. The second-order valence-corrected chi connectivity index (χ2v) is 17.4. The predicted octanol–water partition coefficient (Wildman–Crippen LogP) is 5.73. The van der Waals surface area contributed by atoms with Crippen molar-refractivity contribution in [3.05, 3.63) is 137 Å². The van der Waals surface area contributed by atoms with Gasteiger partial charge in [0.2, 0.25) is 17.7 Å². The standard InChI is InChI=1S/C52H54N8O8/c53-48-46-44(35-11-3-1-4-12-35)47(36-13-5-2-6-14-36)58(49(46)56-32-59(48)37-17-19-38(61)20-18-37)31-34-10-7-9-33(29-34)30-55-42(62)23-25-67-27-28-68-26-24-54-40-16-8-15-39-45(40)52(66)60(51(39)65)41-21-22-43(63)57-50(41)64/h1-16,29,32,37-38,41,53-54,61H,17-28,30-31H2,(H,55,62)(H,57,63,64). The van der Waals surface area contributed by atoms with E-state index in [1.54, 1.807) is 24.5 Å². The monoisotopic (exact) mass is 918 g/mol. The lowest BCUT2D eigenvalue weighted by Crippen LogP contribution is -2.54. The summed E-state index contributed by atoms with van der Waals surface area (Å²) in [6.45, 7) is 2.20. The molecule has 1 unspecified atom stereocenters. The van der Waals surface area contributed by atoms with E-state index in [1.807, 2.05) is 53.1 Å². The van der Waals surface area contributed by atoms with Crippen molar-refractivity contribution < 1.29 is 38.6 Å². The van der Waals surface area contributed by atoms with Gasteiger partial charge in [-0.05, 0) is 66.5 Å². The number of nitrogens with zero attached hydrogens (tertiary/aromatic N) is 4. The summed E-state index contributed by atoms with van der Waals surface area (Å²) >= 11 is 0. The van der Waals surface area contributed by atoms with Crippen LogP contribution in [0.4, 0.5) is 5.69 Å². The molecule has 9 rings (SSSR count). The second kappa shape index (κ2) is 20.7. The van der Waals surface area contributed by atoms with Crippen LogP contribution in [0.15, 0.2) is 109 Å². The van der Waals surface area contributed by atoms with E-state index in [0.29, 0.717) is 49.3 Å². The van der Waals surface area contributed by atoms with E-state index in [-0.39, 0.29) is 74.9 Å². The molecule has 5 amide bonds. The van der Waals surface area contributed by atoms with Crippen LogP contribution >= 0.6 is 0 Å². The van der Waals surface area contributed by atoms with Gasteiger partial charge >= 0.3 is 0 Å². The van der Waals surface area contributed by atoms with Gasteiger partial charge < -0.3 is 34.3 Å². The number of anilines is 1. The molecular formula is C52H54N8O8. The van der Waals surface area contributed by atoms with Gasteiger partial charge in [0.1, 0.15) is 17.2 Å². The number of rotatable bonds is 18. The molecule has 350 valence electrons. The van der Waals surface area contributed by atoms with Crippen LogP contribution in [0.2, 0.25) is 0 Å². The van der Waals surface area contributed by atoms with Gasteiger partial charge in [-0.25, -0.2) is 4.98 Å². The second-order valence-electron chi connectivity index (χ2n) is 17.4. The van der Waals surface area contributed by atoms with Crippen molar-refractivity contribution in [2.24, 2.45) is 0 Å². The summed E-state index contributed by atoms with van der Waals surface area (Å²) in [5.74, 6) is -2.39. The van der Waals surface area contributed by atoms with E-state index in [9.17, 15) is 34.5 Å². The first-order chi connectivity index (χ1) is 33.2. The molecule has 16 nitrogen and oxygen atoms in total. The van der Waals surface area contributed by atoms with Crippen molar-refractivity contribution in [1.82, 2.24) is 29.7 Å². The SMILES string of the molecule is N=c1c2c(-c3ccccc3)c(-c3ccccc3)n(Cc3cccc(CNC(=O)CCOCCOCCNc4cccc5c4C(=O)N(C4CCC(=O)NC4=O)C5=O)c3)c2ncn1C1CCC(O)CC1. The zero-order chi connectivity index (χ0) is 47.1. The maximum Gasteiger partial charge on any atom is 0.264 e. The van der Waals surface area contributed by atoms with Crippen molar-refractivity contribution in [1.29, 1.82) is 5.41 Å². The first kappa shape index (κ1) is 45.9. The molecule has 4 heterocycles. The summed E-state index contributed by atoms with van der Waals surface area (Å²) in [5.41, 5.74) is 7.84. The van der Waals surface area contributed by atoms with Crippen molar-refractivity contribution in [3.63, 3.8) is 0 Å². The summed E-state index contributed by atoms with van der Waals surface area (Å²) in [4.78, 5) is 69.4. The van der Waals surface area contributed by atoms with Crippen molar-refractivity contribution >= 4 is 46.3 Å². The fraction of sp³-hybridized carbons (Fsp3) is 0.327. The number of carbonyl (C=O) groups excluding carboxylic acids is 5. The van der Waals surface area contributed by atoms with Gasteiger partial charge in [0.15, 0.2) is 0 Å². The summed E-state index contributed by atoms with van der Waals surface area (Å²) in [7, 11) is 0. The molecular weight excluding hydrogens is 865 g/mol. The van der Waals surface area contributed by atoms with E-state index >= 15 is 0 Å². The number of imide groups is 2. The predicted molar refractivity (Wildman–Crippen MR) is 253 cm³/mol. The first-order valence-electron chi connectivity index (χ1n) is 23.2. The lowest BCUT2D eigenvalue weighted by molar-refractivity contribution is -0.136. The Morgan fingerprint density at radius 1 is 0.779 bits per heavy atom. The quantitative estimate of drug-likeness (QED) is 0.0523. The highest BCUT2D eigenvalue weighted by Crippen LogP contribution is 2.40. The smallest absolute Gasteiger partial charge is 0.264 e. The minimum atomic E-state index is -1.04. The van der Waals surface area contributed by atoms with Gasteiger partial charge in [-0.2, -0.15) is 0 Å². The number of aliphatic hydroxyl groups is 1. The number of amides is 5. The summed E-state index contributed by atoms with van der Waals surface area (Å²) in [5, 5.41) is 29.0. The van der Waals surface area contributed by atoms with Crippen LogP contribution in [0.1, 0.15) is 82.8 Å². The minimum Gasteiger partial charge on any atom is -0.393 e. The van der Waals surface area contributed by atoms with E-state index in [2.05, 4.69) is 56.9 Å². The summed E-state index contributed by atoms with van der Waals surface area (Å²) in [6, 6.07) is 32.5. The number of piperidine rings is 1. The molecule has 6 aromatic rings. The molecule has 68 heavy (non-hydrogen) atoms. The number of hydrogen-bond acceptors (Lipinski definition) is 11. The van der Waals surface area contributed by atoms with Crippen LogP contribution in [-0.2, 0) is 36.9 Å². The van der Waals surface area contributed by atoms with Crippen molar-refractivity contribution in [2.45, 2.75) is 76.2 Å². The average molecular weight is 919 g/mol. The highest BCUT2D eigenvalue weighted by molar-refractivity contribution is 6.25. The Bertz CT molecular complexity index is 2910. The molecule has 1 atom stereocenters. The number of aromatic nitrogens is 3. The number of aliphatic hydroxyl groups excluding tert-OH is 1. The van der Waals surface area contributed by atoms with Crippen LogP contribution in [0.3, 0.4) is 0 Å². The first-order valence-corrected chi connectivity index (χ1v) is 23.2. The summed E-state index contributed by atoms with van der Waals surface area (Å²) < 4.78 is 15.5. The maximum atomic E-state index is 13.3. The van der Waals surface area contributed by atoms with E-state index in [4.69, 9.17) is 14.5 Å². The highest BCUT2D eigenvalue weighted by Gasteiger charge is 2.45. The third-order valence-corrected chi connectivity index (χ3v) is 12.9. The number of fused-ring (bicyclic) bond motifs is 2. The molecule has 3 aliphatic rings. The van der Waals surface area contributed by atoms with Crippen LogP contribution in [-0.4, -0.2) is 98.8 Å². The molecule has 1 saturated carbocycles. The maximum absolute atomic E-state index is 13.3. The zero-order valence-corrected chi connectivity index (χ0v) is 37.6. The number of nitrogens with one attached hydrogen (secondary N) is 4. The average Bonchev–Trinajstić information content (AvgIpc) is 3.81. The molecule has 1 aliphatic carbocycles. The molecule has 4 aromatic carbocycles. The van der Waals surface area contributed by atoms with Crippen molar-refractivity contribution in [3.8, 4) is 22.4 Å². The number of ether oxygens (including phenoxy) is 2. The van der Waals surface area contributed by atoms with Gasteiger partial charge in [0.25, 0.3) is 11.8 Å². The Morgan fingerprint density at radius 3 is 2.24 bits per heavy atom. The normalized spacial score (nSPS) is 18.2. The number of hydrogen-bond donors (Lipinski definition) is 5. The Morgan fingerprint density at radius 2 is 1.49 bits per heavy atom. The zero-order valence-electron chi connectivity index (χ0n) is 37.6. The molecule has 0 bridgehead atoms. The Labute approximate surface area is 392 Å². The van der Waals surface area contributed by atoms with Gasteiger partial charge in [0, 0.05) is 49.8 Å². The third-order valence-electron chi connectivity index (χ3n) is 12.9. The number of benzene rings is 4. The summed E-state index contributed by atoms with van der Waals surface area (Å²) in [6.07, 6.45) is 4.77. The molecule has 2 fully saturated rings. The fourth-order valence-electron chi connectivity index (χ4n) is 9.53. The van der Waals surface area contributed by atoms with Crippen LogP contribution < -0.4 is 21.4 Å². The Balaban J connectivity index is 0.776. The molecule has 16 heteroatoms. The molecule has 5 N–H and O–H groups in total. The van der Waals surface area contributed by atoms with E-state index < -0.39 is 29.7 Å². The van der Waals surface area contributed by atoms with Gasteiger partial charge in [0.05, 0.1) is 61.1 Å². The highest BCUT2D eigenvalue weighted by atomic mass is 16.5. The lowest BCUT2D eigenvalue weighted by Gasteiger charge is -2.27.